The van der Waals surface area contributed by atoms with Crippen molar-refractivity contribution in [1.82, 2.24) is 4.57 Å². The number of Topliss-reactive ketones (excluding diaryl/α,β-unsaturated/α-hetero) is 1. The third-order valence-corrected chi connectivity index (χ3v) is 3.97. The van der Waals surface area contributed by atoms with E-state index in [0.29, 0.717) is 0 Å². The molecule has 2 aromatic carbocycles. The lowest BCUT2D eigenvalue weighted by atomic mass is 9.93. The van der Waals surface area contributed by atoms with Crippen molar-refractivity contribution in [2.75, 3.05) is 0 Å². The van der Waals surface area contributed by atoms with Gasteiger partial charge in [-0.25, -0.2) is 0 Å². The van der Waals surface area contributed by atoms with Gasteiger partial charge in [0.2, 0.25) is 0 Å². The van der Waals surface area contributed by atoms with Gasteiger partial charge in [-0.15, -0.1) is 0 Å². The van der Waals surface area contributed by atoms with Gasteiger partial charge in [0.25, 0.3) is 5.56 Å². The van der Waals surface area contributed by atoms with Crippen LogP contribution in [-0.4, -0.2) is 10.4 Å². The average Bonchev–Trinajstić information content (AvgIpc) is 2.51. The maximum Gasteiger partial charge on any atom is 0.262 e. The largest absolute Gasteiger partial charge is 0.311 e. The summed E-state index contributed by atoms with van der Waals surface area (Å²) in [4.78, 5) is 24.8. The van der Waals surface area contributed by atoms with Gasteiger partial charge in [-0.2, -0.15) is 0 Å². The molecule has 0 spiro atoms. The van der Waals surface area contributed by atoms with Gasteiger partial charge >= 0.3 is 0 Å². The molecular weight excluding hydrogens is 274 g/mol. The van der Waals surface area contributed by atoms with Crippen molar-refractivity contribution >= 4 is 16.7 Å². The Morgan fingerprint density at radius 1 is 1.05 bits per heavy atom. The summed E-state index contributed by atoms with van der Waals surface area (Å²) < 4.78 is 1.55. The number of rotatable bonds is 2. The lowest BCUT2D eigenvalue weighted by Gasteiger charge is -2.15. The van der Waals surface area contributed by atoms with Gasteiger partial charge < -0.3 is 4.57 Å². The summed E-state index contributed by atoms with van der Waals surface area (Å²) in [6.45, 7) is 3.46. The number of hydrogen-bond donors (Lipinski definition) is 0. The highest BCUT2D eigenvalue weighted by Gasteiger charge is 2.19. The van der Waals surface area contributed by atoms with Crippen LogP contribution in [0.1, 0.15) is 22.8 Å². The number of benzene rings is 2. The fourth-order valence-electron chi connectivity index (χ4n) is 2.89. The third-order valence-electron chi connectivity index (χ3n) is 3.97. The van der Waals surface area contributed by atoms with Crippen LogP contribution in [0.2, 0.25) is 0 Å². The lowest BCUT2D eigenvalue weighted by molar-refractivity contribution is 0.101. The summed E-state index contributed by atoms with van der Waals surface area (Å²) in [5.41, 5.74) is 3.56. The van der Waals surface area contributed by atoms with Gasteiger partial charge in [-0.3, -0.25) is 9.59 Å². The van der Waals surface area contributed by atoms with Crippen LogP contribution in [0, 0.1) is 6.92 Å². The van der Waals surface area contributed by atoms with Crippen molar-refractivity contribution in [1.29, 1.82) is 0 Å². The van der Waals surface area contributed by atoms with E-state index >= 15 is 0 Å². The molecule has 0 saturated carbocycles. The van der Waals surface area contributed by atoms with Crippen LogP contribution in [0.4, 0.5) is 0 Å². The summed E-state index contributed by atoms with van der Waals surface area (Å²) in [6, 6.07) is 15.6. The topological polar surface area (TPSA) is 39.1 Å². The number of carbonyl (C=O) groups is 1. The second-order valence-corrected chi connectivity index (χ2v) is 5.56. The number of hydrogen-bond acceptors (Lipinski definition) is 2. The number of fused-ring (bicyclic) bond motifs is 1. The van der Waals surface area contributed by atoms with Gasteiger partial charge in [-0.1, -0.05) is 42.0 Å². The summed E-state index contributed by atoms with van der Waals surface area (Å²) in [7, 11) is 1.71. The summed E-state index contributed by atoms with van der Waals surface area (Å²) in [6.07, 6.45) is 0. The van der Waals surface area contributed by atoms with Crippen molar-refractivity contribution in [2.45, 2.75) is 13.8 Å². The first kappa shape index (κ1) is 14.3. The highest BCUT2D eigenvalue weighted by molar-refractivity contribution is 6.08. The van der Waals surface area contributed by atoms with E-state index in [2.05, 4.69) is 0 Å². The zero-order valence-electron chi connectivity index (χ0n) is 12.9. The van der Waals surface area contributed by atoms with Gasteiger partial charge in [0.15, 0.2) is 5.78 Å². The molecule has 0 aliphatic carbocycles. The molecule has 0 unspecified atom stereocenters. The molecule has 0 atom stereocenters. The molecular formula is C19H17NO2. The van der Waals surface area contributed by atoms with E-state index in [9.17, 15) is 9.59 Å². The van der Waals surface area contributed by atoms with Gasteiger partial charge in [-0.05, 0) is 31.5 Å². The Balaban J connectivity index is 2.59. The third kappa shape index (κ3) is 2.15. The second kappa shape index (κ2) is 5.26. The van der Waals surface area contributed by atoms with Crippen molar-refractivity contribution < 1.29 is 4.79 Å². The summed E-state index contributed by atoms with van der Waals surface area (Å²) in [5, 5.41) is 0.929. The lowest BCUT2D eigenvalue weighted by Crippen LogP contribution is -2.25. The van der Waals surface area contributed by atoms with E-state index in [-0.39, 0.29) is 16.9 Å². The Kier molecular flexibility index (Phi) is 3.41. The SMILES string of the molecule is CC(=O)c1c(-c2ccccc2)c2cc(C)ccc2n(C)c1=O. The van der Waals surface area contributed by atoms with Gasteiger partial charge in [0.1, 0.15) is 0 Å². The molecule has 1 aromatic heterocycles. The summed E-state index contributed by atoms with van der Waals surface area (Å²) >= 11 is 0. The first-order chi connectivity index (χ1) is 10.5. The van der Waals surface area contributed by atoms with Gasteiger partial charge in [0, 0.05) is 18.0 Å². The molecule has 0 radical (unpaired) electrons. The van der Waals surface area contributed by atoms with Crippen LogP contribution in [0.15, 0.2) is 53.3 Å². The molecule has 3 nitrogen and oxygen atoms in total. The molecule has 0 fully saturated rings. The molecule has 0 bridgehead atoms. The molecule has 1 heterocycles. The highest BCUT2D eigenvalue weighted by atomic mass is 16.1. The normalized spacial score (nSPS) is 10.9. The Hall–Kier alpha value is -2.68. The van der Waals surface area contributed by atoms with E-state index in [4.69, 9.17) is 0 Å². The minimum Gasteiger partial charge on any atom is -0.311 e. The molecule has 0 aliphatic rings. The van der Waals surface area contributed by atoms with E-state index in [1.165, 1.54) is 6.92 Å². The predicted octanol–water partition coefficient (Wildman–Crippen LogP) is 3.72. The zero-order chi connectivity index (χ0) is 15.9. The van der Waals surface area contributed by atoms with Crippen LogP contribution in [0.25, 0.3) is 22.0 Å². The zero-order valence-corrected chi connectivity index (χ0v) is 12.9. The Morgan fingerprint density at radius 2 is 1.73 bits per heavy atom. The highest BCUT2D eigenvalue weighted by Crippen LogP contribution is 2.31. The van der Waals surface area contributed by atoms with Gasteiger partial charge in [0.05, 0.1) is 11.1 Å². The molecule has 0 amide bonds. The van der Waals surface area contributed by atoms with E-state index < -0.39 is 0 Å². The molecule has 22 heavy (non-hydrogen) atoms. The van der Waals surface area contributed by atoms with E-state index in [1.54, 1.807) is 11.6 Å². The number of aryl methyl sites for hydroxylation is 2. The predicted molar refractivity (Wildman–Crippen MR) is 89.4 cm³/mol. The van der Waals surface area contributed by atoms with Crippen molar-refractivity contribution in [3.63, 3.8) is 0 Å². The van der Waals surface area contributed by atoms with Crippen LogP contribution in [-0.2, 0) is 7.05 Å². The van der Waals surface area contributed by atoms with Crippen molar-refractivity contribution in [3.05, 3.63) is 70.0 Å². The Bertz CT molecular complexity index is 937. The fraction of sp³-hybridized carbons (Fsp3) is 0.158. The number of carbonyl (C=O) groups excluding carboxylic acids is 1. The molecule has 0 saturated heterocycles. The number of pyridine rings is 1. The minimum atomic E-state index is -0.247. The Labute approximate surface area is 128 Å². The summed E-state index contributed by atoms with van der Waals surface area (Å²) in [5.74, 6) is -0.206. The van der Waals surface area contributed by atoms with E-state index in [1.807, 2.05) is 55.5 Å². The number of aromatic nitrogens is 1. The molecule has 110 valence electrons. The van der Waals surface area contributed by atoms with Crippen LogP contribution < -0.4 is 5.56 Å². The second-order valence-electron chi connectivity index (χ2n) is 5.56. The van der Waals surface area contributed by atoms with Crippen LogP contribution >= 0.6 is 0 Å². The number of nitrogens with zero attached hydrogens (tertiary/aromatic N) is 1. The smallest absolute Gasteiger partial charge is 0.262 e. The van der Waals surface area contributed by atoms with Crippen molar-refractivity contribution in [3.8, 4) is 11.1 Å². The van der Waals surface area contributed by atoms with Crippen molar-refractivity contribution in [2.24, 2.45) is 7.05 Å². The first-order valence-corrected chi connectivity index (χ1v) is 7.20. The molecule has 3 heteroatoms. The fourth-order valence-corrected chi connectivity index (χ4v) is 2.89. The first-order valence-electron chi connectivity index (χ1n) is 7.20. The number of ketones is 1. The standard InChI is InChI=1S/C19H17NO2/c1-12-9-10-16-15(11-12)18(14-7-5-4-6-8-14)17(13(2)21)19(22)20(16)3/h4-11H,1-3H3. The molecule has 3 rings (SSSR count). The molecule has 3 aromatic rings. The van der Waals surface area contributed by atoms with Crippen LogP contribution in [0.3, 0.4) is 0 Å². The quantitative estimate of drug-likeness (QED) is 0.675. The monoisotopic (exact) mass is 291 g/mol. The minimum absolute atomic E-state index is 0.206. The average molecular weight is 291 g/mol. The molecule has 0 N–H and O–H groups in total. The van der Waals surface area contributed by atoms with E-state index in [0.717, 1.165) is 27.6 Å². The van der Waals surface area contributed by atoms with Crippen LogP contribution in [0.5, 0.6) is 0 Å². The Morgan fingerprint density at radius 3 is 2.36 bits per heavy atom. The molecule has 0 aliphatic heterocycles. The maximum absolute atomic E-state index is 12.6. The maximum atomic E-state index is 12.6.